The maximum absolute atomic E-state index is 4.89. The fraction of sp³-hybridized carbons (Fsp3) is 0.125. The summed E-state index contributed by atoms with van der Waals surface area (Å²) in [4.78, 5) is 16.2. The molecule has 0 aliphatic carbocycles. The molecule has 0 aliphatic rings. The molecule has 0 saturated heterocycles. The number of aliphatic imine (C=N–C) groups is 1. The molecule has 0 atom stereocenters. The van der Waals surface area contributed by atoms with Gasteiger partial charge >= 0.3 is 0 Å². The SMILES string of the molecule is C=C(N=C(C)ON)c1cnccn1. The zero-order chi connectivity index (χ0) is 9.68. The van der Waals surface area contributed by atoms with Crippen LogP contribution >= 0.6 is 0 Å². The minimum atomic E-state index is 0.329. The lowest BCUT2D eigenvalue weighted by atomic mass is 10.4. The van der Waals surface area contributed by atoms with Crippen molar-refractivity contribution in [2.24, 2.45) is 10.9 Å². The Morgan fingerprint density at radius 1 is 1.62 bits per heavy atom. The van der Waals surface area contributed by atoms with Crippen molar-refractivity contribution >= 4 is 11.6 Å². The van der Waals surface area contributed by atoms with Crippen LogP contribution in [0.4, 0.5) is 0 Å². The Kier molecular flexibility index (Phi) is 3.10. The van der Waals surface area contributed by atoms with Crippen molar-refractivity contribution < 1.29 is 4.84 Å². The second-order valence-corrected chi connectivity index (χ2v) is 2.29. The summed E-state index contributed by atoms with van der Waals surface area (Å²) in [5.74, 6) is 5.22. The minimum Gasteiger partial charge on any atom is -0.396 e. The lowest BCUT2D eigenvalue weighted by Crippen LogP contribution is -2.05. The largest absolute Gasteiger partial charge is 0.396 e. The van der Waals surface area contributed by atoms with Crippen LogP contribution in [-0.4, -0.2) is 15.9 Å². The molecule has 1 heterocycles. The summed E-state index contributed by atoms with van der Waals surface area (Å²) < 4.78 is 0. The molecule has 1 rings (SSSR count). The molecule has 0 unspecified atom stereocenters. The third-order valence-electron chi connectivity index (χ3n) is 1.32. The van der Waals surface area contributed by atoms with Gasteiger partial charge in [0.05, 0.1) is 11.9 Å². The molecular weight excluding hydrogens is 168 g/mol. The lowest BCUT2D eigenvalue weighted by molar-refractivity contribution is 0.318. The van der Waals surface area contributed by atoms with Gasteiger partial charge in [0.1, 0.15) is 5.69 Å². The topological polar surface area (TPSA) is 73.4 Å². The molecule has 0 fully saturated rings. The molecule has 0 amide bonds. The first-order chi connectivity index (χ1) is 6.24. The molecule has 5 nitrogen and oxygen atoms in total. The van der Waals surface area contributed by atoms with Gasteiger partial charge < -0.3 is 4.84 Å². The van der Waals surface area contributed by atoms with Gasteiger partial charge in [-0.15, -0.1) is 0 Å². The van der Waals surface area contributed by atoms with Crippen molar-refractivity contribution in [3.05, 3.63) is 30.9 Å². The molecular formula is C8H10N4O. The van der Waals surface area contributed by atoms with Crippen LogP contribution in [0.5, 0.6) is 0 Å². The van der Waals surface area contributed by atoms with Crippen LogP contribution in [-0.2, 0) is 4.84 Å². The van der Waals surface area contributed by atoms with E-state index in [1.807, 2.05) is 0 Å². The molecule has 2 N–H and O–H groups in total. The summed E-state index contributed by atoms with van der Waals surface area (Å²) in [7, 11) is 0. The predicted molar refractivity (Wildman–Crippen MR) is 49.4 cm³/mol. The van der Waals surface area contributed by atoms with Gasteiger partial charge in [-0.25, -0.2) is 4.99 Å². The molecule has 0 radical (unpaired) electrons. The van der Waals surface area contributed by atoms with Crippen molar-refractivity contribution in [1.82, 2.24) is 9.97 Å². The first-order valence-corrected chi connectivity index (χ1v) is 3.61. The second-order valence-electron chi connectivity index (χ2n) is 2.29. The van der Waals surface area contributed by atoms with Gasteiger partial charge in [-0.3, -0.25) is 9.97 Å². The van der Waals surface area contributed by atoms with Crippen LogP contribution in [0.15, 0.2) is 30.2 Å². The Balaban J connectivity index is 2.81. The first kappa shape index (κ1) is 9.34. The molecule has 68 valence electrons. The van der Waals surface area contributed by atoms with Crippen LogP contribution in [0.25, 0.3) is 5.70 Å². The summed E-state index contributed by atoms with van der Waals surface area (Å²) in [5.41, 5.74) is 1.06. The molecule has 1 aromatic rings. The lowest BCUT2D eigenvalue weighted by Gasteiger charge is -1.99. The van der Waals surface area contributed by atoms with Crippen molar-refractivity contribution in [2.45, 2.75) is 6.92 Å². The van der Waals surface area contributed by atoms with Crippen molar-refractivity contribution in [3.8, 4) is 0 Å². The van der Waals surface area contributed by atoms with E-state index in [9.17, 15) is 0 Å². The highest BCUT2D eigenvalue weighted by atomic mass is 16.6. The average molecular weight is 178 g/mol. The van der Waals surface area contributed by atoms with E-state index in [1.54, 1.807) is 25.5 Å². The summed E-state index contributed by atoms with van der Waals surface area (Å²) in [6.45, 7) is 5.31. The Hall–Kier alpha value is -1.75. The number of hydrogen-bond acceptors (Lipinski definition) is 5. The number of aromatic nitrogens is 2. The normalized spacial score (nSPS) is 11.1. The maximum Gasteiger partial charge on any atom is 0.210 e. The molecule has 0 spiro atoms. The van der Waals surface area contributed by atoms with E-state index in [1.165, 1.54) is 0 Å². The quantitative estimate of drug-likeness (QED) is 0.412. The van der Waals surface area contributed by atoms with E-state index in [4.69, 9.17) is 5.90 Å². The maximum atomic E-state index is 4.89. The van der Waals surface area contributed by atoms with Crippen LogP contribution < -0.4 is 5.90 Å². The molecule has 0 bridgehead atoms. The van der Waals surface area contributed by atoms with Gasteiger partial charge in [0.2, 0.25) is 5.90 Å². The van der Waals surface area contributed by atoms with E-state index >= 15 is 0 Å². The molecule has 13 heavy (non-hydrogen) atoms. The highest BCUT2D eigenvalue weighted by Gasteiger charge is 1.98. The van der Waals surface area contributed by atoms with Crippen LogP contribution in [0.1, 0.15) is 12.6 Å². The van der Waals surface area contributed by atoms with Gasteiger partial charge in [-0.05, 0) is 0 Å². The average Bonchev–Trinajstić information content (AvgIpc) is 2.19. The molecule has 5 heteroatoms. The first-order valence-electron chi connectivity index (χ1n) is 3.61. The smallest absolute Gasteiger partial charge is 0.210 e. The van der Waals surface area contributed by atoms with Gasteiger partial charge in [0.15, 0.2) is 0 Å². The predicted octanol–water partition coefficient (Wildman–Crippen LogP) is 0.756. The Morgan fingerprint density at radius 3 is 2.92 bits per heavy atom. The van der Waals surface area contributed by atoms with E-state index in [0.29, 0.717) is 17.3 Å². The van der Waals surface area contributed by atoms with Gasteiger partial charge in [0, 0.05) is 19.3 Å². The van der Waals surface area contributed by atoms with Gasteiger partial charge in [0.25, 0.3) is 0 Å². The Labute approximate surface area is 75.9 Å². The molecule has 1 aromatic heterocycles. The number of nitrogens with two attached hydrogens (primary N) is 1. The van der Waals surface area contributed by atoms with E-state index < -0.39 is 0 Å². The third kappa shape index (κ3) is 2.64. The van der Waals surface area contributed by atoms with Crippen LogP contribution in [0, 0.1) is 0 Å². The number of rotatable bonds is 2. The standard InChI is InChI=1S/C8H10N4O/c1-6(12-7(2)13-9)8-5-10-3-4-11-8/h3-5H,1,9H2,2H3. The van der Waals surface area contributed by atoms with Gasteiger partial charge in [-0.2, -0.15) is 5.90 Å². The van der Waals surface area contributed by atoms with Gasteiger partial charge in [-0.1, -0.05) is 6.58 Å². The Morgan fingerprint density at radius 2 is 2.38 bits per heavy atom. The monoisotopic (exact) mass is 178 g/mol. The Bertz CT molecular complexity index is 320. The third-order valence-corrected chi connectivity index (χ3v) is 1.32. The zero-order valence-electron chi connectivity index (χ0n) is 7.27. The molecule has 0 aliphatic heterocycles. The fourth-order valence-electron chi connectivity index (χ4n) is 0.722. The minimum absolute atomic E-state index is 0.329. The van der Waals surface area contributed by atoms with E-state index in [0.717, 1.165) is 0 Å². The van der Waals surface area contributed by atoms with Crippen molar-refractivity contribution in [3.63, 3.8) is 0 Å². The molecule has 0 aromatic carbocycles. The zero-order valence-corrected chi connectivity index (χ0v) is 7.27. The summed E-state index contributed by atoms with van der Waals surface area (Å²) >= 11 is 0. The highest BCUT2D eigenvalue weighted by Crippen LogP contribution is 2.08. The van der Waals surface area contributed by atoms with Crippen molar-refractivity contribution in [2.75, 3.05) is 0 Å². The van der Waals surface area contributed by atoms with Crippen molar-refractivity contribution in [1.29, 1.82) is 0 Å². The van der Waals surface area contributed by atoms with Crippen LogP contribution in [0.2, 0.25) is 0 Å². The van der Waals surface area contributed by atoms with E-state index in [2.05, 4.69) is 26.4 Å². The number of nitrogens with zero attached hydrogens (tertiary/aromatic N) is 3. The second kappa shape index (κ2) is 4.32. The summed E-state index contributed by atoms with van der Waals surface area (Å²) in [6.07, 6.45) is 4.71. The number of hydrogen-bond donors (Lipinski definition) is 1. The van der Waals surface area contributed by atoms with E-state index in [-0.39, 0.29) is 0 Å². The molecule has 0 saturated carbocycles. The summed E-state index contributed by atoms with van der Waals surface area (Å²) in [5, 5.41) is 0. The fourth-order valence-corrected chi connectivity index (χ4v) is 0.722. The summed E-state index contributed by atoms with van der Waals surface area (Å²) in [6, 6.07) is 0. The highest BCUT2D eigenvalue weighted by molar-refractivity contribution is 5.80. The van der Waals surface area contributed by atoms with Crippen LogP contribution in [0.3, 0.4) is 0 Å².